The summed E-state index contributed by atoms with van der Waals surface area (Å²) < 4.78 is 21.6. The van der Waals surface area contributed by atoms with Crippen molar-refractivity contribution >= 4 is 31.6 Å². The molecular formula is C20H29FN2O5Si. The number of carbonyl (C=O) groups is 2. The number of nitrogens with zero attached hydrogens (tertiary/aromatic N) is 1. The summed E-state index contributed by atoms with van der Waals surface area (Å²) in [5, 5.41) is 21.6. The monoisotopic (exact) mass is 424 g/mol. The van der Waals surface area contributed by atoms with Crippen molar-refractivity contribution in [2.24, 2.45) is 5.92 Å². The van der Waals surface area contributed by atoms with E-state index in [1.165, 1.54) is 11.8 Å². The zero-order valence-electron chi connectivity index (χ0n) is 17.4. The van der Waals surface area contributed by atoms with E-state index >= 15 is 4.11 Å². The van der Waals surface area contributed by atoms with Gasteiger partial charge in [-0.3, -0.25) is 9.59 Å². The minimum atomic E-state index is -3.22. The fraction of sp³-hybridized carbons (Fsp3) is 0.600. The van der Waals surface area contributed by atoms with Crippen molar-refractivity contribution in [3.05, 3.63) is 23.8 Å². The average Bonchev–Trinajstić information content (AvgIpc) is 3.03. The van der Waals surface area contributed by atoms with Gasteiger partial charge < -0.3 is 29.3 Å². The Balaban J connectivity index is 2.11. The van der Waals surface area contributed by atoms with E-state index in [-0.39, 0.29) is 18.9 Å². The number of likely N-dealkylation sites (N-methyl/N-ethyl adjacent to an activating group) is 1. The molecule has 0 bridgehead atoms. The molecule has 1 saturated heterocycles. The van der Waals surface area contributed by atoms with Crippen LogP contribution in [0, 0.1) is 5.92 Å². The Labute approximate surface area is 171 Å². The molecule has 1 aromatic rings. The summed E-state index contributed by atoms with van der Waals surface area (Å²) in [4.78, 5) is 26.8. The molecule has 2 amide bonds. The first-order valence-electron chi connectivity index (χ1n) is 9.84. The van der Waals surface area contributed by atoms with Crippen LogP contribution in [-0.2, 0) is 19.9 Å². The molecule has 2 aliphatic rings. The van der Waals surface area contributed by atoms with Crippen LogP contribution in [0.4, 0.5) is 15.5 Å². The van der Waals surface area contributed by atoms with Gasteiger partial charge in [0.1, 0.15) is 6.10 Å². The molecule has 5 atom stereocenters. The number of fused-ring (bicyclic) bond motifs is 2. The van der Waals surface area contributed by atoms with E-state index in [1.54, 1.807) is 38.3 Å². The van der Waals surface area contributed by atoms with Crippen molar-refractivity contribution in [2.75, 3.05) is 23.9 Å². The molecule has 0 aliphatic carbocycles. The van der Waals surface area contributed by atoms with E-state index in [9.17, 15) is 19.8 Å². The quantitative estimate of drug-likeness (QED) is 0.497. The van der Waals surface area contributed by atoms with E-state index < -0.39 is 43.6 Å². The average molecular weight is 425 g/mol. The maximum Gasteiger partial charge on any atom is 0.264 e. The molecule has 29 heavy (non-hydrogen) atoms. The second-order valence-electron chi connectivity index (χ2n) is 8.54. The normalized spacial score (nSPS) is 30.0. The van der Waals surface area contributed by atoms with Gasteiger partial charge >= 0.3 is 0 Å². The van der Waals surface area contributed by atoms with Gasteiger partial charge in [0.2, 0.25) is 8.41 Å². The Hall–Kier alpha value is -1.81. The molecule has 2 aliphatic heterocycles. The molecule has 3 N–H and O–H groups in total. The van der Waals surface area contributed by atoms with Crippen molar-refractivity contribution in [3.8, 4) is 0 Å². The van der Waals surface area contributed by atoms with E-state index in [1.807, 2.05) is 6.92 Å². The fourth-order valence-electron chi connectivity index (χ4n) is 4.87. The topological polar surface area (TPSA) is 99.1 Å². The van der Waals surface area contributed by atoms with Gasteiger partial charge in [-0.2, -0.15) is 0 Å². The molecule has 160 valence electrons. The van der Waals surface area contributed by atoms with Gasteiger partial charge in [0.15, 0.2) is 5.60 Å². The molecule has 0 unspecified atom stereocenters. The largest absolute Gasteiger partial charge is 0.396 e. The van der Waals surface area contributed by atoms with Crippen molar-refractivity contribution < 1.29 is 28.6 Å². The first-order valence-corrected chi connectivity index (χ1v) is 12.8. The van der Waals surface area contributed by atoms with Crippen LogP contribution in [0.1, 0.15) is 25.8 Å². The number of benzene rings is 1. The lowest BCUT2D eigenvalue weighted by atomic mass is 9.82. The van der Waals surface area contributed by atoms with Crippen LogP contribution in [-0.4, -0.2) is 56.3 Å². The number of aliphatic hydroxyl groups excluding tert-OH is 2. The standard InChI is InChI=1S/C20H29FN2O5Si/c1-11-17(29(4,5)21)16(8-9-24)28-20(11)14-10-13(22-18(26)12(2)25)6-7-15(14)23(3)19(20)27/h6-7,10-12,16-17,24-25H,8-9H2,1-5H3,(H,22,26)/t11-,12-,16+,17-,20+/m0/s1. The third kappa shape index (κ3) is 3.39. The summed E-state index contributed by atoms with van der Waals surface area (Å²) in [7, 11) is -1.57. The molecule has 1 fully saturated rings. The van der Waals surface area contributed by atoms with Gasteiger partial charge in [0.05, 0.1) is 11.8 Å². The van der Waals surface area contributed by atoms with Crippen LogP contribution in [0.2, 0.25) is 18.6 Å². The van der Waals surface area contributed by atoms with Crippen LogP contribution in [0.3, 0.4) is 0 Å². The maximum absolute atomic E-state index is 15.3. The molecule has 2 heterocycles. The Morgan fingerprint density at radius 3 is 2.66 bits per heavy atom. The van der Waals surface area contributed by atoms with E-state index in [4.69, 9.17) is 4.74 Å². The summed E-state index contributed by atoms with van der Waals surface area (Å²) in [6.07, 6.45) is -1.50. The van der Waals surface area contributed by atoms with Gasteiger partial charge in [0, 0.05) is 36.4 Å². The Morgan fingerprint density at radius 2 is 2.10 bits per heavy atom. The number of amides is 2. The zero-order valence-corrected chi connectivity index (χ0v) is 18.4. The lowest BCUT2D eigenvalue weighted by Gasteiger charge is -2.31. The number of anilines is 2. The maximum atomic E-state index is 15.3. The van der Waals surface area contributed by atoms with Gasteiger partial charge in [-0.1, -0.05) is 6.92 Å². The first kappa shape index (κ1) is 21.9. The fourth-order valence-corrected chi connectivity index (χ4v) is 7.42. The number of nitrogens with one attached hydrogen (secondary N) is 1. The second-order valence-corrected chi connectivity index (χ2v) is 12.3. The number of hydrogen-bond donors (Lipinski definition) is 3. The van der Waals surface area contributed by atoms with Gasteiger partial charge in [-0.15, -0.1) is 0 Å². The molecule has 1 spiro atoms. The smallest absolute Gasteiger partial charge is 0.264 e. The third-order valence-electron chi connectivity index (χ3n) is 6.15. The molecule has 7 nitrogen and oxygen atoms in total. The van der Waals surface area contributed by atoms with Crippen LogP contribution in [0.15, 0.2) is 18.2 Å². The van der Waals surface area contributed by atoms with E-state index in [0.29, 0.717) is 16.9 Å². The molecular weight excluding hydrogens is 395 g/mol. The van der Waals surface area contributed by atoms with Crippen molar-refractivity contribution in [2.45, 2.75) is 56.7 Å². The summed E-state index contributed by atoms with van der Waals surface area (Å²) in [6, 6.07) is 5.03. The van der Waals surface area contributed by atoms with Crippen molar-refractivity contribution in [1.82, 2.24) is 0 Å². The van der Waals surface area contributed by atoms with E-state index in [2.05, 4.69) is 5.32 Å². The first-order chi connectivity index (χ1) is 13.4. The highest BCUT2D eigenvalue weighted by Gasteiger charge is 2.66. The lowest BCUT2D eigenvalue weighted by Crippen LogP contribution is -2.44. The highest BCUT2D eigenvalue weighted by Crippen LogP contribution is 2.60. The summed E-state index contributed by atoms with van der Waals surface area (Å²) in [5.74, 6) is -1.28. The van der Waals surface area contributed by atoms with Crippen LogP contribution < -0.4 is 10.2 Å². The molecule has 9 heteroatoms. The predicted octanol–water partition coefficient (Wildman–Crippen LogP) is 2.14. The minimum absolute atomic E-state index is 0.157. The van der Waals surface area contributed by atoms with Crippen molar-refractivity contribution in [1.29, 1.82) is 0 Å². The van der Waals surface area contributed by atoms with Crippen LogP contribution >= 0.6 is 0 Å². The number of halogens is 1. The molecule has 0 saturated carbocycles. The SMILES string of the molecule is C[C@H](O)C(=O)Nc1ccc2c(c1)[C@@]1(O[C@H](CCO)[C@@H]([Si](C)(C)F)[C@@H]1C)C(=O)N2C. The molecule has 3 rings (SSSR count). The molecule has 1 aromatic carbocycles. The third-order valence-corrected chi connectivity index (χ3v) is 8.61. The highest BCUT2D eigenvalue weighted by atomic mass is 28.4. The lowest BCUT2D eigenvalue weighted by molar-refractivity contribution is -0.146. The Kier molecular flexibility index (Phi) is 5.63. The number of hydrogen-bond acceptors (Lipinski definition) is 5. The highest BCUT2D eigenvalue weighted by molar-refractivity contribution is 6.72. The Bertz CT molecular complexity index is 828. The van der Waals surface area contributed by atoms with Crippen LogP contribution in [0.25, 0.3) is 0 Å². The Morgan fingerprint density at radius 1 is 1.45 bits per heavy atom. The van der Waals surface area contributed by atoms with E-state index in [0.717, 1.165) is 0 Å². The molecule has 0 aromatic heterocycles. The van der Waals surface area contributed by atoms with Crippen LogP contribution in [0.5, 0.6) is 0 Å². The number of rotatable bonds is 5. The van der Waals surface area contributed by atoms with Gasteiger partial charge in [-0.05, 0) is 44.6 Å². The number of carbonyl (C=O) groups excluding carboxylic acids is 2. The zero-order chi connectivity index (χ0) is 21.7. The number of ether oxygens (including phenoxy) is 1. The van der Waals surface area contributed by atoms with Crippen molar-refractivity contribution in [3.63, 3.8) is 0 Å². The number of aliphatic hydroxyl groups is 2. The summed E-state index contributed by atoms with van der Waals surface area (Å²) >= 11 is 0. The second kappa shape index (κ2) is 7.46. The minimum Gasteiger partial charge on any atom is -0.396 e. The molecule has 0 radical (unpaired) electrons. The van der Waals surface area contributed by atoms with Gasteiger partial charge in [-0.25, -0.2) is 0 Å². The van der Waals surface area contributed by atoms with Gasteiger partial charge in [0.25, 0.3) is 11.8 Å². The summed E-state index contributed by atoms with van der Waals surface area (Å²) in [6.45, 7) is 6.24. The summed E-state index contributed by atoms with van der Waals surface area (Å²) in [5.41, 5.74) is -0.194. The predicted molar refractivity (Wildman–Crippen MR) is 110 cm³/mol.